The van der Waals surface area contributed by atoms with Crippen LogP contribution in [0.15, 0.2) is 28.7 Å². The molecular weight excluding hydrogens is 260 g/mol. The fourth-order valence-electron chi connectivity index (χ4n) is 2.65. The van der Waals surface area contributed by atoms with Crippen LogP contribution in [-0.2, 0) is 13.1 Å². The van der Waals surface area contributed by atoms with E-state index < -0.39 is 0 Å². The summed E-state index contributed by atoms with van der Waals surface area (Å²) in [4.78, 5) is 2.48. The van der Waals surface area contributed by atoms with E-state index in [1.54, 1.807) is 0 Å². The Hall–Kier alpha value is -1.32. The van der Waals surface area contributed by atoms with Gasteiger partial charge in [0.05, 0.1) is 6.54 Å². The molecule has 2 rings (SSSR count). The van der Waals surface area contributed by atoms with E-state index in [-0.39, 0.29) is 0 Å². The zero-order valence-corrected chi connectivity index (χ0v) is 13.8. The Morgan fingerprint density at radius 3 is 2.62 bits per heavy atom. The van der Waals surface area contributed by atoms with Gasteiger partial charge < -0.3 is 9.73 Å². The maximum atomic E-state index is 6.08. The molecule has 1 N–H and O–H groups in total. The summed E-state index contributed by atoms with van der Waals surface area (Å²) < 4.78 is 6.08. The number of para-hydroxylation sites is 1. The van der Waals surface area contributed by atoms with E-state index in [0.717, 1.165) is 37.5 Å². The van der Waals surface area contributed by atoms with Gasteiger partial charge in [0.15, 0.2) is 0 Å². The average Bonchev–Trinajstić information content (AvgIpc) is 2.82. The van der Waals surface area contributed by atoms with Gasteiger partial charge in [0, 0.05) is 23.5 Å². The highest BCUT2D eigenvalue weighted by molar-refractivity contribution is 5.82. The normalized spacial score (nSPS) is 11.9. The van der Waals surface area contributed by atoms with Crippen molar-refractivity contribution in [3.05, 3.63) is 35.6 Å². The largest absolute Gasteiger partial charge is 0.459 e. The van der Waals surface area contributed by atoms with Crippen molar-refractivity contribution >= 4 is 11.0 Å². The lowest BCUT2D eigenvalue weighted by atomic mass is 10.1. The van der Waals surface area contributed by atoms with E-state index >= 15 is 0 Å². The first kappa shape index (κ1) is 16.1. The molecule has 1 heterocycles. The summed E-state index contributed by atoms with van der Waals surface area (Å²) in [5.41, 5.74) is 2.34. The van der Waals surface area contributed by atoms with Crippen LogP contribution in [-0.4, -0.2) is 24.0 Å². The second kappa shape index (κ2) is 7.62. The lowest BCUT2D eigenvalue weighted by Gasteiger charge is -2.20. The highest BCUT2D eigenvalue weighted by atomic mass is 16.3. The van der Waals surface area contributed by atoms with Crippen LogP contribution in [0.25, 0.3) is 11.0 Å². The summed E-state index contributed by atoms with van der Waals surface area (Å²) in [5.74, 6) is 1.08. The second-order valence-electron chi connectivity index (χ2n) is 5.90. The fraction of sp³-hybridized carbons (Fsp3) is 0.556. The monoisotopic (exact) mass is 288 g/mol. The third kappa shape index (κ3) is 4.08. The van der Waals surface area contributed by atoms with Gasteiger partial charge in [-0.1, -0.05) is 45.9 Å². The van der Waals surface area contributed by atoms with Gasteiger partial charge in [-0.2, -0.15) is 0 Å². The molecule has 21 heavy (non-hydrogen) atoms. The molecule has 1 aromatic heterocycles. The minimum atomic E-state index is 0.462. The van der Waals surface area contributed by atoms with Crippen molar-refractivity contribution in [2.24, 2.45) is 0 Å². The van der Waals surface area contributed by atoms with E-state index in [1.807, 2.05) is 6.07 Å². The number of nitrogens with zero attached hydrogens (tertiary/aromatic N) is 1. The number of benzene rings is 1. The molecule has 0 fully saturated rings. The van der Waals surface area contributed by atoms with Gasteiger partial charge in [-0.3, -0.25) is 4.90 Å². The third-order valence-electron chi connectivity index (χ3n) is 3.82. The van der Waals surface area contributed by atoms with E-state index in [9.17, 15) is 0 Å². The van der Waals surface area contributed by atoms with Gasteiger partial charge in [-0.25, -0.2) is 0 Å². The number of nitrogens with one attached hydrogen (secondary N) is 1. The van der Waals surface area contributed by atoms with Crippen LogP contribution in [0.3, 0.4) is 0 Å². The lowest BCUT2D eigenvalue weighted by Crippen LogP contribution is -2.26. The van der Waals surface area contributed by atoms with Crippen molar-refractivity contribution in [2.75, 3.05) is 13.1 Å². The van der Waals surface area contributed by atoms with Crippen molar-refractivity contribution in [1.82, 2.24) is 10.2 Å². The van der Waals surface area contributed by atoms with Crippen molar-refractivity contribution in [2.45, 2.75) is 53.2 Å². The molecule has 0 bridgehead atoms. The summed E-state index contributed by atoms with van der Waals surface area (Å²) >= 11 is 0. The first-order chi connectivity index (χ1) is 10.2. The van der Waals surface area contributed by atoms with Crippen molar-refractivity contribution < 1.29 is 4.42 Å². The molecule has 0 aliphatic rings. The molecule has 0 atom stereocenters. The molecule has 0 radical (unpaired) electrons. The zero-order chi connectivity index (χ0) is 15.2. The Balaban J connectivity index is 2.30. The van der Waals surface area contributed by atoms with Gasteiger partial charge in [-0.15, -0.1) is 0 Å². The third-order valence-corrected chi connectivity index (χ3v) is 3.82. The van der Waals surface area contributed by atoms with E-state index in [0.29, 0.717) is 6.04 Å². The van der Waals surface area contributed by atoms with Crippen LogP contribution in [0.2, 0.25) is 0 Å². The molecular formula is C18H28N2O. The average molecular weight is 288 g/mol. The molecule has 3 heteroatoms. The summed E-state index contributed by atoms with van der Waals surface area (Å²) in [5, 5.41) is 4.73. The van der Waals surface area contributed by atoms with Crippen molar-refractivity contribution in [1.29, 1.82) is 0 Å². The van der Waals surface area contributed by atoms with Crippen LogP contribution >= 0.6 is 0 Å². The van der Waals surface area contributed by atoms with Crippen LogP contribution < -0.4 is 5.32 Å². The Bertz CT molecular complexity index is 559. The van der Waals surface area contributed by atoms with Crippen molar-refractivity contribution in [3.63, 3.8) is 0 Å². The maximum absolute atomic E-state index is 6.08. The van der Waals surface area contributed by atoms with Crippen LogP contribution in [0.1, 0.15) is 45.4 Å². The molecule has 2 aromatic rings. The van der Waals surface area contributed by atoms with Crippen LogP contribution in [0.4, 0.5) is 0 Å². The van der Waals surface area contributed by atoms with Crippen molar-refractivity contribution in [3.8, 4) is 0 Å². The molecule has 0 saturated carbocycles. The SMILES string of the molecule is CCCN(CC)Cc1c(CNC(C)C)oc2ccccc12. The molecule has 0 aliphatic carbocycles. The first-order valence-electron chi connectivity index (χ1n) is 8.10. The predicted molar refractivity (Wildman–Crippen MR) is 89.4 cm³/mol. The molecule has 0 spiro atoms. The van der Waals surface area contributed by atoms with Gasteiger partial charge in [0.1, 0.15) is 11.3 Å². The summed E-state index contributed by atoms with van der Waals surface area (Å²) in [6, 6.07) is 8.83. The number of rotatable bonds is 8. The number of hydrogen-bond donors (Lipinski definition) is 1. The minimum Gasteiger partial charge on any atom is -0.459 e. The lowest BCUT2D eigenvalue weighted by molar-refractivity contribution is 0.278. The summed E-state index contributed by atoms with van der Waals surface area (Å²) in [7, 11) is 0. The number of furan rings is 1. The smallest absolute Gasteiger partial charge is 0.134 e. The van der Waals surface area contributed by atoms with E-state index in [1.165, 1.54) is 17.4 Å². The standard InChI is InChI=1S/C18H28N2O/c1-5-11-20(6-2)13-16-15-9-7-8-10-17(15)21-18(16)12-19-14(3)4/h7-10,14,19H,5-6,11-13H2,1-4H3. The first-order valence-corrected chi connectivity index (χ1v) is 8.10. The Labute approximate surface area is 128 Å². The van der Waals surface area contributed by atoms with E-state index in [2.05, 4.69) is 56.1 Å². The molecule has 0 saturated heterocycles. The molecule has 3 nitrogen and oxygen atoms in total. The molecule has 116 valence electrons. The Morgan fingerprint density at radius 2 is 1.95 bits per heavy atom. The van der Waals surface area contributed by atoms with Crippen LogP contribution in [0, 0.1) is 0 Å². The van der Waals surface area contributed by atoms with Gasteiger partial charge in [-0.05, 0) is 25.6 Å². The number of fused-ring (bicyclic) bond motifs is 1. The maximum Gasteiger partial charge on any atom is 0.134 e. The van der Waals surface area contributed by atoms with Gasteiger partial charge in [0.25, 0.3) is 0 Å². The fourth-order valence-corrected chi connectivity index (χ4v) is 2.65. The second-order valence-corrected chi connectivity index (χ2v) is 5.90. The topological polar surface area (TPSA) is 28.4 Å². The Morgan fingerprint density at radius 1 is 1.19 bits per heavy atom. The number of hydrogen-bond acceptors (Lipinski definition) is 3. The predicted octanol–water partition coefficient (Wildman–Crippen LogP) is 4.16. The summed E-state index contributed by atoms with van der Waals surface area (Å²) in [6.45, 7) is 12.8. The van der Waals surface area contributed by atoms with Crippen LogP contribution in [0.5, 0.6) is 0 Å². The Kier molecular flexibility index (Phi) is 5.83. The zero-order valence-electron chi connectivity index (χ0n) is 13.8. The van der Waals surface area contributed by atoms with Gasteiger partial charge >= 0.3 is 0 Å². The van der Waals surface area contributed by atoms with Gasteiger partial charge in [0.2, 0.25) is 0 Å². The van der Waals surface area contributed by atoms with E-state index in [4.69, 9.17) is 4.42 Å². The molecule has 0 unspecified atom stereocenters. The minimum absolute atomic E-state index is 0.462. The molecule has 0 aliphatic heterocycles. The quantitative estimate of drug-likeness (QED) is 0.790. The highest BCUT2D eigenvalue weighted by Gasteiger charge is 2.16. The molecule has 1 aromatic carbocycles. The molecule has 0 amide bonds. The summed E-state index contributed by atoms with van der Waals surface area (Å²) in [6.07, 6.45) is 1.18. The highest BCUT2D eigenvalue weighted by Crippen LogP contribution is 2.27.